The Hall–Kier alpha value is -0.810. The molecule has 0 aromatic heterocycles. The first-order valence-corrected chi connectivity index (χ1v) is 6.02. The normalized spacial score (nSPS) is 14.0. The second kappa shape index (κ2) is 10.7. The number of nitrogens with zero attached hydrogens (tertiary/aromatic N) is 1. The minimum absolute atomic E-state index is 0.260. The topological polar surface area (TPSA) is 90.9 Å². The lowest BCUT2D eigenvalue weighted by atomic mass is 10.0. The lowest BCUT2D eigenvalue weighted by Gasteiger charge is -2.15. The van der Waals surface area contributed by atoms with Crippen LogP contribution in [0.15, 0.2) is 5.16 Å². The molecule has 0 aliphatic rings. The molecule has 0 aromatic rings. The number of hydrogen-bond acceptors (Lipinski definition) is 4. The average molecular weight is 231 g/mol. The van der Waals surface area contributed by atoms with Crippen LogP contribution in [0.5, 0.6) is 0 Å². The van der Waals surface area contributed by atoms with E-state index in [9.17, 15) is 0 Å². The van der Waals surface area contributed by atoms with Crippen molar-refractivity contribution in [3.63, 3.8) is 0 Å². The summed E-state index contributed by atoms with van der Waals surface area (Å²) in [5.74, 6) is 0.834. The zero-order chi connectivity index (χ0) is 12.2. The summed E-state index contributed by atoms with van der Waals surface area (Å²) in [6, 6.07) is 0. The largest absolute Gasteiger partial charge is 0.409 e. The molecule has 0 saturated heterocycles. The van der Waals surface area contributed by atoms with Crippen molar-refractivity contribution < 1.29 is 10.3 Å². The minimum atomic E-state index is 0.260. The summed E-state index contributed by atoms with van der Waals surface area (Å²) in [5.41, 5.74) is 5.35. The Bertz CT molecular complexity index is 180. The van der Waals surface area contributed by atoms with Crippen molar-refractivity contribution >= 4 is 5.84 Å². The third-order valence-corrected chi connectivity index (χ3v) is 2.58. The standard InChI is InChI=1S/C11H25N3O2/c1-2-4-10(6-8-15)9-13-7-3-5-11(12)14-16/h10,13,15-16H,2-9H2,1H3,(H2,12,14). The number of oxime groups is 1. The second-order valence-corrected chi connectivity index (χ2v) is 4.07. The Morgan fingerprint density at radius 1 is 1.44 bits per heavy atom. The van der Waals surface area contributed by atoms with Crippen molar-refractivity contribution in [3.8, 4) is 0 Å². The van der Waals surface area contributed by atoms with Crippen LogP contribution in [-0.4, -0.2) is 35.8 Å². The number of aliphatic hydroxyl groups excluding tert-OH is 1. The molecule has 0 aliphatic heterocycles. The van der Waals surface area contributed by atoms with Crippen LogP contribution >= 0.6 is 0 Å². The maximum absolute atomic E-state index is 8.88. The summed E-state index contributed by atoms with van der Waals surface area (Å²) in [6.45, 7) is 4.21. The summed E-state index contributed by atoms with van der Waals surface area (Å²) in [5, 5.41) is 23.5. The molecule has 5 heteroatoms. The number of hydrogen-bond donors (Lipinski definition) is 4. The van der Waals surface area contributed by atoms with E-state index in [1.54, 1.807) is 0 Å². The van der Waals surface area contributed by atoms with Crippen LogP contribution < -0.4 is 11.1 Å². The van der Waals surface area contributed by atoms with Gasteiger partial charge < -0.3 is 21.4 Å². The van der Waals surface area contributed by atoms with Gasteiger partial charge in [-0.15, -0.1) is 0 Å². The van der Waals surface area contributed by atoms with Gasteiger partial charge in [0.2, 0.25) is 0 Å². The molecule has 0 spiro atoms. The molecule has 0 fully saturated rings. The Morgan fingerprint density at radius 3 is 2.75 bits per heavy atom. The van der Waals surface area contributed by atoms with Gasteiger partial charge in [-0.2, -0.15) is 0 Å². The Morgan fingerprint density at radius 2 is 2.19 bits per heavy atom. The molecule has 0 rings (SSSR count). The number of rotatable bonds is 10. The van der Waals surface area contributed by atoms with Gasteiger partial charge in [-0.1, -0.05) is 18.5 Å². The van der Waals surface area contributed by atoms with Crippen LogP contribution in [0, 0.1) is 5.92 Å². The van der Waals surface area contributed by atoms with E-state index < -0.39 is 0 Å². The number of aliphatic hydroxyl groups is 1. The highest BCUT2D eigenvalue weighted by atomic mass is 16.4. The van der Waals surface area contributed by atoms with Gasteiger partial charge in [-0.05, 0) is 38.3 Å². The molecule has 0 amide bonds. The zero-order valence-electron chi connectivity index (χ0n) is 10.2. The number of amidine groups is 1. The van der Waals surface area contributed by atoms with Gasteiger partial charge in [-0.25, -0.2) is 0 Å². The molecular formula is C11H25N3O2. The average Bonchev–Trinajstić information content (AvgIpc) is 2.28. The van der Waals surface area contributed by atoms with Gasteiger partial charge in [0.25, 0.3) is 0 Å². The first-order valence-electron chi connectivity index (χ1n) is 6.02. The van der Waals surface area contributed by atoms with Gasteiger partial charge in [-0.3, -0.25) is 0 Å². The molecule has 96 valence electrons. The molecule has 1 unspecified atom stereocenters. The molecule has 1 atom stereocenters. The van der Waals surface area contributed by atoms with Gasteiger partial charge in [0.05, 0.1) is 0 Å². The van der Waals surface area contributed by atoms with Crippen molar-refractivity contribution in [2.45, 2.75) is 39.0 Å². The molecule has 0 bridgehead atoms. The predicted octanol–water partition coefficient (Wildman–Crippen LogP) is 0.901. The van der Waals surface area contributed by atoms with E-state index >= 15 is 0 Å². The highest BCUT2D eigenvalue weighted by Crippen LogP contribution is 2.09. The van der Waals surface area contributed by atoms with E-state index in [2.05, 4.69) is 17.4 Å². The van der Waals surface area contributed by atoms with Gasteiger partial charge in [0, 0.05) is 13.0 Å². The van der Waals surface area contributed by atoms with Crippen LogP contribution in [0.1, 0.15) is 39.0 Å². The van der Waals surface area contributed by atoms with Crippen LogP contribution in [0.25, 0.3) is 0 Å². The summed E-state index contributed by atoms with van der Waals surface area (Å²) in [7, 11) is 0. The minimum Gasteiger partial charge on any atom is -0.409 e. The highest BCUT2D eigenvalue weighted by molar-refractivity contribution is 5.79. The smallest absolute Gasteiger partial charge is 0.139 e. The maximum atomic E-state index is 8.88. The molecule has 0 radical (unpaired) electrons. The number of nitrogens with two attached hydrogens (primary N) is 1. The lowest BCUT2D eigenvalue weighted by molar-refractivity contribution is 0.248. The van der Waals surface area contributed by atoms with Crippen molar-refractivity contribution in [3.05, 3.63) is 0 Å². The highest BCUT2D eigenvalue weighted by Gasteiger charge is 2.06. The Labute approximate surface area is 97.7 Å². The van der Waals surface area contributed by atoms with E-state index in [1.165, 1.54) is 0 Å². The molecule has 0 aromatic carbocycles. The molecular weight excluding hydrogens is 206 g/mol. The molecule has 0 heterocycles. The fourth-order valence-corrected chi connectivity index (χ4v) is 1.69. The van der Waals surface area contributed by atoms with Crippen molar-refractivity contribution in [1.29, 1.82) is 0 Å². The molecule has 0 aliphatic carbocycles. The first kappa shape index (κ1) is 15.2. The quantitative estimate of drug-likeness (QED) is 0.148. The Kier molecular flexibility index (Phi) is 10.2. The van der Waals surface area contributed by atoms with Gasteiger partial charge >= 0.3 is 0 Å². The van der Waals surface area contributed by atoms with Crippen molar-refractivity contribution in [2.24, 2.45) is 16.8 Å². The van der Waals surface area contributed by atoms with Crippen LogP contribution in [0.4, 0.5) is 0 Å². The van der Waals surface area contributed by atoms with E-state index in [1.807, 2.05) is 0 Å². The Balaban J connectivity index is 3.46. The fraction of sp³-hybridized carbons (Fsp3) is 0.909. The van der Waals surface area contributed by atoms with Crippen molar-refractivity contribution in [2.75, 3.05) is 19.7 Å². The van der Waals surface area contributed by atoms with E-state index in [4.69, 9.17) is 16.0 Å². The maximum Gasteiger partial charge on any atom is 0.139 e. The first-order chi connectivity index (χ1) is 7.74. The van der Waals surface area contributed by atoms with Crippen LogP contribution in [0.2, 0.25) is 0 Å². The van der Waals surface area contributed by atoms with E-state index in [-0.39, 0.29) is 12.4 Å². The van der Waals surface area contributed by atoms with Crippen molar-refractivity contribution in [1.82, 2.24) is 5.32 Å². The molecule has 0 saturated carbocycles. The number of nitrogens with one attached hydrogen (secondary N) is 1. The summed E-state index contributed by atoms with van der Waals surface area (Å²) in [6.07, 6.45) is 4.64. The van der Waals surface area contributed by atoms with Crippen LogP contribution in [0.3, 0.4) is 0 Å². The SMILES string of the molecule is CCCC(CCO)CNCCCC(N)=NO. The monoisotopic (exact) mass is 231 g/mol. The third kappa shape index (κ3) is 8.49. The third-order valence-electron chi connectivity index (χ3n) is 2.58. The van der Waals surface area contributed by atoms with E-state index in [0.29, 0.717) is 12.3 Å². The predicted molar refractivity (Wildman–Crippen MR) is 65.6 cm³/mol. The molecule has 16 heavy (non-hydrogen) atoms. The molecule has 5 nitrogen and oxygen atoms in total. The zero-order valence-corrected chi connectivity index (χ0v) is 10.2. The van der Waals surface area contributed by atoms with Gasteiger partial charge in [0.15, 0.2) is 0 Å². The van der Waals surface area contributed by atoms with E-state index in [0.717, 1.165) is 38.8 Å². The fourth-order valence-electron chi connectivity index (χ4n) is 1.69. The molecule has 5 N–H and O–H groups in total. The summed E-state index contributed by atoms with van der Waals surface area (Å²) < 4.78 is 0. The van der Waals surface area contributed by atoms with Crippen LogP contribution in [-0.2, 0) is 0 Å². The summed E-state index contributed by atoms with van der Waals surface area (Å²) >= 11 is 0. The lowest BCUT2D eigenvalue weighted by Crippen LogP contribution is -2.25. The van der Waals surface area contributed by atoms with Gasteiger partial charge in [0.1, 0.15) is 5.84 Å². The second-order valence-electron chi connectivity index (χ2n) is 4.07. The summed E-state index contributed by atoms with van der Waals surface area (Å²) in [4.78, 5) is 0.